The Hall–Kier alpha value is -0.970. The Morgan fingerprint density at radius 2 is 1.33 bits per heavy atom. The summed E-state index contributed by atoms with van der Waals surface area (Å²) < 4.78 is 54.8. The van der Waals surface area contributed by atoms with Crippen LogP contribution in [0.1, 0.15) is 6.42 Å². The molecule has 0 saturated heterocycles. The zero-order valence-electron chi connectivity index (χ0n) is 7.40. The molecule has 0 heterocycles. The number of hydrogen-bond acceptors (Lipinski definition) is 5. The maximum absolute atomic E-state index is 10.3. The molecule has 0 aliphatic carbocycles. The fourth-order valence-corrected chi connectivity index (χ4v) is 2.44. The van der Waals surface area contributed by atoms with Gasteiger partial charge in [-0.15, -0.1) is 13.2 Å². The van der Waals surface area contributed by atoms with Crippen LogP contribution in [0.2, 0.25) is 0 Å². The van der Waals surface area contributed by atoms with E-state index in [0.29, 0.717) is 0 Å². The van der Waals surface area contributed by atoms with Gasteiger partial charge in [0.05, 0.1) is 6.42 Å². The van der Waals surface area contributed by atoms with Crippen LogP contribution < -0.4 is 0 Å². The van der Waals surface area contributed by atoms with Crippen LogP contribution in [0.3, 0.4) is 0 Å². The highest BCUT2D eigenvalue weighted by Crippen LogP contribution is 2.10. The Morgan fingerprint density at radius 3 is 1.40 bits per heavy atom. The molecule has 90 valence electrons. The Bertz CT molecular complexity index is 372. The minimum Gasteiger partial charge on any atom is -0.481 e. The highest BCUT2D eigenvalue weighted by molar-refractivity contribution is 8.04. The summed E-state index contributed by atoms with van der Waals surface area (Å²) in [7, 11) is -10.3. The van der Waals surface area contributed by atoms with E-state index >= 15 is 0 Å². The third kappa shape index (κ3) is 7.02. The van der Waals surface area contributed by atoms with Gasteiger partial charge in [0.25, 0.3) is 20.2 Å². The SMILES string of the molecule is C=C.O=C(O)CC(S(=O)(=O)O)S(=O)(=O)O. The number of carbonyl (C=O) groups is 1. The lowest BCUT2D eigenvalue weighted by Gasteiger charge is -2.06. The summed E-state index contributed by atoms with van der Waals surface area (Å²) in [5.41, 5.74) is 0. The highest BCUT2D eigenvalue weighted by Gasteiger charge is 2.37. The van der Waals surface area contributed by atoms with Crippen molar-refractivity contribution < 1.29 is 35.8 Å². The average molecular weight is 262 g/mol. The molecule has 0 radical (unpaired) electrons. The van der Waals surface area contributed by atoms with Crippen LogP contribution in [0.25, 0.3) is 0 Å². The summed E-state index contributed by atoms with van der Waals surface area (Å²) in [4.78, 5) is 9.95. The van der Waals surface area contributed by atoms with Crippen molar-refractivity contribution in [3.05, 3.63) is 13.2 Å². The minimum absolute atomic E-state index is 1.42. The molecule has 0 bridgehead atoms. The second kappa shape index (κ2) is 5.80. The molecule has 0 spiro atoms. The van der Waals surface area contributed by atoms with E-state index in [9.17, 15) is 21.6 Å². The van der Waals surface area contributed by atoms with Crippen LogP contribution in [0, 0.1) is 0 Å². The van der Waals surface area contributed by atoms with Gasteiger partial charge in [0.1, 0.15) is 0 Å². The van der Waals surface area contributed by atoms with Gasteiger partial charge in [0.2, 0.25) is 4.58 Å². The van der Waals surface area contributed by atoms with Gasteiger partial charge >= 0.3 is 5.97 Å². The van der Waals surface area contributed by atoms with Crippen LogP contribution in [-0.4, -0.2) is 41.6 Å². The lowest BCUT2D eigenvalue weighted by molar-refractivity contribution is -0.136. The van der Waals surface area contributed by atoms with Gasteiger partial charge in [-0.25, -0.2) is 0 Å². The Labute approximate surface area is 86.7 Å². The Kier molecular flexibility index (Phi) is 6.37. The number of carboxylic acids is 1. The van der Waals surface area contributed by atoms with E-state index in [1.165, 1.54) is 0 Å². The molecule has 0 aromatic rings. The van der Waals surface area contributed by atoms with Crippen LogP contribution in [0.15, 0.2) is 13.2 Å². The van der Waals surface area contributed by atoms with E-state index < -0.39 is 37.2 Å². The molecule has 0 aliphatic heterocycles. The molecule has 0 atom stereocenters. The van der Waals surface area contributed by atoms with Gasteiger partial charge in [0.15, 0.2) is 0 Å². The van der Waals surface area contributed by atoms with E-state index in [4.69, 9.17) is 14.2 Å². The Balaban J connectivity index is 0. The minimum atomic E-state index is -5.14. The molecule has 0 unspecified atom stereocenters. The summed E-state index contributed by atoms with van der Waals surface area (Å²) in [6.45, 7) is 6.00. The Morgan fingerprint density at radius 1 is 1.07 bits per heavy atom. The van der Waals surface area contributed by atoms with E-state index in [0.717, 1.165) is 0 Å². The van der Waals surface area contributed by atoms with Crippen molar-refractivity contribution >= 4 is 26.2 Å². The first-order valence-electron chi connectivity index (χ1n) is 3.19. The van der Waals surface area contributed by atoms with Crippen LogP contribution in [-0.2, 0) is 25.0 Å². The topological polar surface area (TPSA) is 146 Å². The van der Waals surface area contributed by atoms with Gasteiger partial charge in [-0.05, 0) is 0 Å². The van der Waals surface area contributed by atoms with Crippen LogP contribution in [0.5, 0.6) is 0 Å². The first-order valence-corrected chi connectivity index (χ1v) is 6.20. The third-order valence-electron chi connectivity index (χ3n) is 1.01. The molecule has 8 nitrogen and oxygen atoms in total. The first-order chi connectivity index (χ1) is 6.55. The molecule has 0 aromatic heterocycles. The molecule has 3 N–H and O–H groups in total. The molecule has 0 aliphatic rings. The van der Waals surface area contributed by atoms with Crippen molar-refractivity contribution in [1.29, 1.82) is 0 Å². The summed E-state index contributed by atoms with van der Waals surface area (Å²) >= 11 is 0. The lowest BCUT2D eigenvalue weighted by Crippen LogP contribution is -2.31. The second-order valence-corrected chi connectivity index (χ2v) is 5.55. The quantitative estimate of drug-likeness (QED) is 0.448. The normalized spacial score (nSPS) is 11.7. The summed E-state index contributed by atoms with van der Waals surface area (Å²) in [6.07, 6.45) is -1.42. The van der Waals surface area contributed by atoms with Crippen molar-refractivity contribution in [3.63, 3.8) is 0 Å². The molecule has 10 heteroatoms. The van der Waals surface area contributed by atoms with E-state index in [1.54, 1.807) is 0 Å². The van der Waals surface area contributed by atoms with E-state index in [1.807, 2.05) is 0 Å². The predicted octanol–water partition coefficient (Wildman–Crippen LogP) is -0.635. The maximum atomic E-state index is 10.3. The lowest BCUT2D eigenvalue weighted by atomic mass is 10.5. The molecular formula is C5H10O8S2. The zero-order valence-corrected chi connectivity index (χ0v) is 9.03. The summed E-state index contributed by atoms with van der Waals surface area (Å²) in [5, 5.41) is 8.06. The van der Waals surface area contributed by atoms with Crippen molar-refractivity contribution in [2.45, 2.75) is 11.0 Å². The summed E-state index contributed by atoms with van der Waals surface area (Å²) in [5.74, 6) is -1.78. The number of aliphatic carboxylic acids is 1. The van der Waals surface area contributed by atoms with Crippen LogP contribution in [0.4, 0.5) is 0 Å². The first kappa shape index (κ1) is 16.5. The fraction of sp³-hybridized carbons (Fsp3) is 0.400. The predicted molar refractivity (Wildman–Crippen MR) is 50.4 cm³/mol. The third-order valence-corrected chi connectivity index (χ3v) is 4.13. The molecule has 0 saturated carbocycles. The van der Waals surface area contributed by atoms with E-state index in [2.05, 4.69) is 13.2 Å². The van der Waals surface area contributed by atoms with Crippen molar-refractivity contribution in [3.8, 4) is 0 Å². The van der Waals surface area contributed by atoms with Crippen LogP contribution >= 0.6 is 0 Å². The smallest absolute Gasteiger partial charge is 0.305 e. The van der Waals surface area contributed by atoms with E-state index in [-0.39, 0.29) is 0 Å². The largest absolute Gasteiger partial charge is 0.481 e. The van der Waals surface area contributed by atoms with Gasteiger partial charge in [-0.3, -0.25) is 13.9 Å². The summed E-state index contributed by atoms with van der Waals surface area (Å²) in [6, 6.07) is 0. The molecule has 0 fully saturated rings. The van der Waals surface area contributed by atoms with Gasteiger partial charge in [-0.2, -0.15) is 16.8 Å². The standard InChI is InChI=1S/C3H6O8S2.C2H4/c4-2(5)1-3(12(6,7)8)13(9,10)11;1-2/h3H,1H2,(H,4,5)(H,6,7,8)(H,9,10,11);1-2H2. The van der Waals surface area contributed by atoms with Gasteiger partial charge < -0.3 is 5.11 Å². The average Bonchev–Trinajstić information content (AvgIpc) is 2.00. The fourth-order valence-electron chi connectivity index (χ4n) is 0.507. The van der Waals surface area contributed by atoms with Gasteiger partial charge in [0, 0.05) is 0 Å². The molecule has 15 heavy (non-hydrogen) atoms. The molecule has 0 amide bonds. The second-order valence-electron chi connectivity index (χ2n) is 2.06. The van der Waals surface area contributed by atoms with Crippen molar-refractivity contribution in [2.75, 3.05) is 0 Å². The number of carboxylic acid groups (broad SMARTS) is 1. The monoisotopic (exact) mass is 262 g/mol. The zero-order chi connectivity index (χ0) is 12.9. The maximum Gasteiger partial charge on any atom is 0.305 e. The number of hydrogen-bond donors (Lipinski definition) is 3. The molecule has 0 aromatic carbocycles. The van der Waals surface area contributed by atoms with Gasteiger partial charge in [-0.1, -0.05) is 0 Å². The number of rotatable bonds is 4. The molecular weight excluding hydrogens is 252 g/mol. The highest BCUT2D eigenvalue weighted by atomic mass is 32.3. The molecule has 0 rings (SSSR count). The van der Waals surface area contributed by atoms with Crippen molar-refractivity contribution in [1.82, 2.24) is 0 Å². The van der Waals surface area contributed by atoms with Crippen molar-refractivity contribution in [2.24, 2.45) is 0 Å².